The Bertz CT molecular complexity index is 615. The first kappa shape index (κ1) is 13.4. The molecule has 100 valence electrons. The molecule has 0 fully saturated rings. The molecule has 1 N–H and O–H groups in total. The van der Waals surface area contributed by atoms with Crippen molar-refractivity contribution in [3.8, 4) is 0 Å². The molecule has 5 nitrogen and oxygen atoms in total. The summed E-state index contributed by atoms with van der Waals surface area (Å²) in [6.45, 7) is 3.70. The SMILES string of the molecule is Cc1nc(C(C)Nc2cc(F)ccc2[N+](=O)[O-])cs1. The number of thiazole rings is 1. The molecule has 1 heterocycles. The molecule has 0 aliphatic heterocycles. The van der Waals surface area contributed by atoms with Gasteiger partial charge in [-0.15, -0.1) is 11.3 Å². The molecule has 0 aliphatic carbocycles. The van der Waals surface area contributed by atoms with E-state index >= 15 is 0 Å². The van der Waals surface area contributed by atoms with Gasteiger partial charge < -0.3 is 5.32 Å². The van der Waals surface area contributed by atoms with E-state index in [0.29, 0.717) is 0 Å². The van der Waals surface area contributed by atoms with E-state index in [1.807, 2.05) is 19.2 Å². The molecule has 2 aromatic rings. The Morgan fingerprint density at radius 2 is 2.26 bits per heavy atom. The van der Waals surface area contributed by atoms with Crippen molar-refractivity contribution in [3.05, 3.63) is 50.2 Å². The van der Waals surface area contributed by atoms with Gasteiger partial charge in [-0.05, 0) is 19.9 Å². The molecule has 0 spiro atoms. The summed E-state index contributed by atoms with van der Waals surface area (Å²) in [4.78, 5) is 14.6. The number of nitro groups is 1. The largest absolute Gasteiger partial charge is 0.371 e. The fraction of sp³-hybridized carbons (Fsp3) is 0.250. The van der Waals surface area contributed by atoms with Gasteiger partial charge in [0.2, 0.25) is 0 Å². The monoisotopic (exact) mass is 281 g/mol. The molecule has 0 aliphatic rings. The van der Waals surface area contributed by atoms with Crippen LogP contribution in [0.2, 0.25) is 0 Å². The summed E-state index contributed by atoms with van der Waals surface area (Å²) in [6, 6.07) is 3.11. The average molecular weight is 281 g/mol. The van der Waals surface area contributed by atoms with Crippen LogP contribution in [0.25, 0.3) is 0 Å². The van der Waals surface area contributed by atoms with Gasteiger partial charge in [-0.3, -0.25) is 10.1 Å². The molecule has 0 saturated heterocycles. The Morgan fingerprint density at radius 3 is 2.84 bits per heavy atom. The molecule has 7 heteroatoms. The van der Waals surface area contributed by atoms with E-state index in [9.17, 15) is 14.5 Å². The van der Waals surface area contributed by atoms with E-state index in [1.54, 1.807) is 0 Å². The normalized spacial score (nSPS) is 12.2. The quantitative estimate of drug-likeness (QED) is 0.685. The number of nitro benzene ring substituents is 1. The minimum Gasteiger partial charge on any atom is -0.371 e. The number of rotatable bonds is 4. The maximum atomic E-state index is 13.2. The average Bonchev–Trinajstić information content (AvgIpc) is 2.75. The molecular formula is C12H12FN3O2S. The number of aryl methyl sites for hydroxylation is 1. The standard InChI is InChI=1S/C12H12FN3O2S/c1-7(11-6-19-8(2)15-11)14-10-5-9(13)3-4-12(10)16(17)18/h3-7,14H,1-2H3. The zero-order valence-electron chi connectivity index (χ0n) is 10.4. The van der Waals surface area contributed by atoms with Crippen molar-refractivity contribution >= 4 is 22.7 Å². The van der Waals surface area contributed by atoms with Gasteiger partial charge in [0.15, 0.2) is 0 Å². The van der Waals surface area contributed by atoms with Crippen molar-refractivity contribution in [2.24, 2.45) is 0 Å². The second-order valence-corrected chi connectivity index (χ2v) is 5.14. The van der Waals surface area contributed by atoms with Gasteiger partial charge in [0.05, 0.1) is 21.7 Å². The number of aromatic nitrogens is 1. The minimum absolute atomic E-state index is 0.153. The third-order valence-electron chi connectivity index (χ3n) is 2.61. The van der Waals surface area contributed by atoms with Gasteiger partial charge in [0, 0.05) is 17.5 Å². The van der Waals surface area contributed by atoms with Crippen molar-refractivity contribution in [1.82, 2.24) is 4.98 Å². The number of halogens is 1. The number of benzene rings is 1. The number of hydrogen-bond donors (Lipinski definition) is 1. The fourth-order valence-corrected chi connectivity index (χ4v) is 2.38. The third kappa shape index (κ3) is 3.05. The van der Waals surface area contributed by atoms with Crippen molar-refractivity contribution < 1.29 is 9.31 Å². The first-order valence-corrected chi connectivity index (χ1v) is 6.48. The molecular weight excluding hydrogens is 269 g/mol. The first-order valence-electron chi connectivity index (χ1n) is 5.60. The summed E-state index contributed by atoms with van der Waals surface area (Å²) in [6.07, 6.45) is 0. The van der Waals surface area contributed by atoms with Crippen LogP contribution in [0.5, 0.6) is 0 Å². The van der Waals surface area contributed by atoms with E-state index < -0.39 is 10.7 Å². The number of hydrogen-bond acceptors (Lipinski definition) is 5. The van der Waals surface area contributed by atoms with Crippen molar-refractivity contribution in [2.45, 2.75) is 19.9 Å². The zero-order chi connectivity index (χ0) is 14.0. The molecule has 0 bridgehead atoms. The number of nitrogens with zero attached hydrogens (tertiary/aromatic N) is 2. The molecule has 2 rings (SSSR count). The Hall–Kier alpha value is -2.02. The summed E-state index contributed by atoms with van der Waals surface area (Å²) >= 11 is 1.50. The van der Waals surface area contributed by atoms with Crippen LogP contribution >= 0.6 is 11.3 Å². The topological polar surface area (TPSA) is 68.1 Å². The second-order valence-electron chi connectivity index (χ2n) is 4.08. The van der Waals surface area contributed by atoms with E-state index in [4.69, 9.17) is 0 Å². The van der Waals surface area contributed by atoms with Gasteiger partial charge >= 0.3 is 0 Å². The van der Waals surface area contributed by atoms with Crippen LogP contribution in [-0.4, -0.2) is 9.91 Å². The van der Waals surface area contributed by atoms with E-state index in [-0.39, 0.29) is 17.4 Å². The lowest BCUT2D eigenvalue weighted by Crippen LogP contribution is -2.09. The van der Waals surface area contributed by atoms with Crippen LogP contribution in [0.3, 0.4) is 0 Å². The molecule has 19 heavy (non-hydrogen) atoms. The van der Waals surface area contributed by atoms with Gasteiger partial charge in [0.1, 0.15) is 11.5 Å². The lowest BCUT2D eigenvalue weighted by molar-refractivity contribution is -0.384. The highest BCUT2D eigenvalue weighted by molar-refractivity contribution is 7.09. The molecule has 0 radical (unpaired) electrons. The highest BCUT2D eigenvalue weighted by atomic mass is 32.1. The Labute approximate surface area is 113 Å². The van der Waals surface area contributed by atoms with Gasteiger partial charge in [0.25, 0.3) is 5.69 Å². The highest BCUT2D eigenvalue weighted by Gasteiger charge is 2.17. The lowest BCUT2D eigenvalue weighted by Gasteiger charge is -2.13. The van der Waals surface area contributed by atoms with E-state index in [2.05, 4.69) is 10.3 Å². The maximum absolute atomic E-state index is 13.2. The molecule has 1 aromatic heterocycles. The highest BCUT2D eigenvalue weighted by Crippen LogP contribution is 2.29. The molecule has 1 atom stereocenters. The van der Waals surface area contributed by atoms with Crippen LogP contribution < -0.4 is 5.32 Å². The summed E-state index contributed by atoms with van der Waals surface area (Å²) < 4.78 is 13.2. The number of nitrogens with one attached hydrogen (secondary N) is 1. The van der Waals surface area contributed by atoms with Crippen molar-refractivity contribution in [1.29, 1.82) is 0 Å². The first-order chi connectivity index (χ1) is 8.97. The fourth-order valence-electron chi connectivity index (χ4n) is 1.67. The van der Waals surface area contributed by atoms with Crippen LogP contribution in [-0.2, 0) is 0 Å². The van der Waals surface area contributed by atoms with Crippen molar-refractivity contribution in [3.63, 3.8) is 0 Å². The summed E-state index contributed by atoms with van der Waals surface area (Å²) in [7, 11) is 0. The molecule has 0 saturated carbocycles. The van der Waals surface area contributed by atoms with Gasteiger partial charge in [-0.25, -0.2) is 9.37 Å². The second kappa shape index (κ2) is 5.31. The Kier molecular flexibility index (Phi) is 3.75. The van der Waals surface area contributed by atoms with Crippen LogP contribution in [0.4, 0.5) is 15.8 Å². The summed E-state index contributed by atoms with van der Waals surface area (Å²) in [5.74, 6) is -0.519. The summed E-state index contributed by atoms with van der Waals surface area (Å²) in [5, 5.41) is 16.6. The van der Waals surface area contributed by atoms with Crippen LogP contribution in [0.15, 0.2) is 23.6 Å². The minimum atomic E-state index is -0.541. The smallest absolute Gasteiger partial charge is 0.292 e. The molecule has 1 unspecified atom stereocenters. The number of anilines is 1. The van der Waals surface area contributed by atoms with Crippen LogP contribution in [0.1, 0.15) is 23.7 Å². The van der Waals surface area contributed by atoms with E-state index in [1.165, 1.54) is 11.3 Å². The Balaban J connectivity index is 2.27. The van der Waals surface area contributed by atoms with Crippen LogP contribution in [0, 0.1) is 22.9 Å². The zero-order valence-corrected chi connectivity index (χ0v) is 11.2. The third-order valence-corrected chi connectivity index (χ3v) is 3.40. The molecule has 1 aromatic carbocycles. The van der Waals surface area contributed by atoms with E-state index in [0.717, 1.165) is 28.9 Å². The van der Waals surface area contributed by atoms with Gasteiger partial charge in [-0.1, -0.05) is 0 Å². The Morgan fingerprint density at radius 1 is 1.53 bits per heavy atom. The summed E-state index contributed by atoms with van der Waals surface area (Å²) in [5.41, 5.74) is 0.782. The predicted octanol–water partition coefficient (Wildman–Crippen LogP) is 3.67. The maximum Gasteiger partial charge on any atom is 0.292 e. The van der Waals surface area contributed by atoms with Gasteiger partial charge in [-0.2, -0.15) is 0 Å². The van der Waals surface area contributed by atoms with Crippen molar-refractivity contribution in [2.75, 3.05) is 5.32 Å². The predicted molar refractivity (Wildman–Crippen MR) is 71.9 cm³/mol. The lowest BCUT2D eigenvalue weighted by atomic mass is 10.2. The molecule has 0 amide bonds.